The summed E-state index contributed by atoms with van der Waals surface area (Å²) >= 11 is 5.45. The SMILES string of the molecule is O=[N+]([O-])c1cc(NCC(O)CCl)ccc1NCCO. The molecule has 0 aromatic heterocycles. The van der Waals surface area contributed by atoms with Gasteiger partial charge in [0.1, 0.15) is 5.69 Å². The molecule has 0 radical (unpaired) electrons. The highest BCUT2D eigenvalue weighted by Crippen LogP contribution is 2.27. The third-order valence-electron chi connectivity index (χ3n) is 2.34. The maximum Gasteiger partial charge on any atom is 0.294 e. The van der Waals surface area contributed by atoms with Gasteiger partial charge in [-0.15, -0.1) is 11.6 Å². The number of anilines is 2. The van der Waals surface area contributed by atoms with Gasteiger partial charge in [0.2, 0.25) is 0 Å². The van der Waals surface area contributed by atoms with Gasteiger partial charge in [-0.05, 0) is 12.1 Å². The molecule has 19 heavy (non-hydrogen) atoms. The van der Waals surface area contributed by atoms with Crippen LogP contribution in [0.4, 0.5) is 17.1 Å². The summed E-state index contributed by atoms with van der Waals surface area (Å²) in [5.41, 5.74) is 0.756. The average Bonchev–Trinajstić information content (AvgIpc) is 2.42. The second-order valence-corrected chi connectivity index (χ2v) is 4.14. The lowest BCUT2D eigenvalue weighted by atomic mass is 10.2. The molecule has 8 heteroatoms. The number of hydrogen-bond donors (Lipinski definition) is 4. The Balaban J connectivity index is 2.80. The van der Waals surface area contributed by atoms with Gasteiger partial charge in [0.25, 0.3) is 5.69 Å². The quantitative estimate of drug-likeness (QED) is 0.323. The molecule has 0 heterocycles. The number of nitro groups is 1. The first-order valence-corrected chi connectivity index (χ1v) is 6.23. The van der Waals surface area contributed by atoms with Crippen LogP contribution in [0.5, 0.6) is 0 Å². The molecule has 4 N–H and O–H groups in total. The molecule has 1 aromatic carbocycles. The van der Waals surface area contributed by atoms with Crippen molar-refractivity contribution in [3.8, 4) is 0 Å². The van der Waals surface area contributed by atoms with E-state index < -0.39 is 11.0 Å². The van der Waals surface area contributed by atoms with Crippen molar-refractivity contribution in [2.75, 3.05) is 36.2 Å². The van der Waals surface area contributed by atoms with Crippen LogP contribution in [-0.4, -0.2) is 46.8 Å². The molecule has 106 valence electrons. The number of benzene rings is 1. The summed E-state index contributed by atoms with van der Waals surface area (Å²) in [5, 5.41) is 34.6. The number of alkyl halides is 1. The van der Waals surface area contributed by atoms with Crippen LogP contribution in [0.2, 0.25) is 0 Å². The summed E-state index contributed by atoms with van der Waals surface area (Å²) in [6.07, 6.45) is -0.715. The first-order chi connectivity index (χ1) is 9.08. The van der Waals surface area contributed by atoms with Crippen molar-refractivity contribution in [2.45, 2.75) is 6.10 Å². The summed E-state index contributed by atoms with van der Waals surface area (Å²) in [7, 11) is 0. The first kappa shape index (κ1) is 15.5. The maximum absolute atomic E-state index is 10.9. The minimum Gasteiger partial charge on any atom is -0.395 e. The topological polar surface area (TPSA) is 108 Å². The van der Waals surface area contributed by atoms with Crippen LogP contribution < -0.4 is 10.6 Å². The molecule has 0 saturated carbocycles. The molecular weight excluding hydrogens is 274 g/mol. The van der Waals surface area contributed by atoms with E-state index in [1.165, 1.54) is 6.07 Å². The van der Waals surface area contributed by atoms with Gasteiger partial charge in [-0.1, -0.05) is 0 Å². The molecule has 1 rings (SSSR count). The number of aliphatic hydroxyl groups excluding tert-OH is 2. The number of aliphatic hydroxyl groups is 2. The Morgan fingerprint density at radius 1 is 1.42 bits per heavy atom. The van der Waals surface area contributed by atoms with Gasteiger partial charge < -0.3 is 20.8 Å². The molecule has 0 saturated heterocycles. The zero-order valence-corrected chi connectivity index (χ0v) is 10.9. The molecular formula is C11H16ClN3O4. The van der Waals surface area contributed by atoms with E-state index in [-0.39, 0.29) is 31.3 Å². The smallest absolute Gasteiger partial charge is 0.294 e. The molecule has 0 bridgehead atoms. The van der Waals surface area contributed by atoms with Gasteiger partial charge in [0.05, 0.1) is 23.5 Å². The Bertz CT molecular complexity index is 430. The summed E-state index contributed by atoms with van der Waals surface area (Å²) in [6, 6.07) is 4.55. The monoisotopic (exact) mass is 289 g/mol. The van der Waals surface area contributed by atoms with Crippen LogP contribution >= 0.6 is 11.6 Å². The van der Waals surface area contributed by atoms with Gasteiger partial charge in [-0.2, -0.15) is 0 Å². The molecule has 0 aliphatic rings. The van der Waals surface area contributed by atoms with Crippen molar-refractivity contribution >= 4 is 28.7 Å². The minimum atomic E-state index is -0.715. The van der Waals surface area contributed by atoms with Crippen molar-refractivity contribution in [3.63, 3.8) is 0 Å². The summed E-state index contributed by atoms with van der Waals surface area (Å²) in [4.78, 5) is 10.4. The number of halogens is 1. The van der Waals surface area contributed by atoms with Crippen molar-refractivity contribution < 1.29 is 15.1 Å². The number of rotatable bonds is 8. The zero-order valence-electron chi connectivity index (χ0n) is 10.2. The van der Waals surface area contributed by atoms with Gasteiger partial charge in [-0.25, -0.2) is 0 Å². The summed E-state index contributed by atoms with van der Waals surface area (Å²) in [5.74, 6) is 0.0885. The Kier molecular flexibility index (Phi) is 6.34. The first-order valence-electron chi connectivity index (χ1n) is 5.69. The highest BCUT2D eigenvalue weighted by Gasteiger charge is 2.14. The van der Waals surface area contributed by atoms with Crippen LogP contribution in [0, 0.1) is 10.1 Å². The lowest BCUT2D eigenvalue weighted by Gasteiger charge is -2.11. The average molecular weight is 290 g/mol. The van der Waals surface area contributed by atoms with E-state index in [9.17, 15) is 15.2 Å². The predicted molar refractivity (Wildman–Crippen MR) is 73.9 cm³/mol. The van der Waals surface area contributed by atoms with Crippen molar-refractivity contribution in [2.24, 2.45) is 0 Å². The lowest BCUT2D eigenvalue weighted by Crippen LogP contribution is -2.20. The highest BCUT2D eigenvalue weighted by atomic mass is 35.5. The van der Waals surface area contributed by atoms with Crippen LogP contribution in [0.3, 0.4) is 0 Å². The van der Waals surface area contributed by atoms with Gasteiger partial charge in [-0.3, -0.25) is 10.1 Å². The third-order valence-corrected chi connectivity index (χ3v) is 2.70. The molecule has 1 unspecified atom stereocenters. The maximum atomic E-state index is 10.9. The fourth-order valence-corrected chi connectivity index (χ4v) is 1.53. The molecule has 0 aliphatic heterocycles. The van der Waals surface area contributed by atoms with Gasteiger partial charge in [0.15, 0.2) is 0 Å². The van der Waals surface area contributed by atoms with E-state index in [0.717, 1.165) is 0 Å². The highest BCUT2D eigenvalue weighted by molar-refractivity contribution is 6.18. The Hall–Kier alpha value is -1.57. The normalized spacial score (nSPS) is 11.9. The van der Waals surface area contributed by atoms with Crippen molar-refractivity contribution in [3.05, 3.63) is 28.3 Å². The van der Waals surface area contributed by atoms with E-state index in [1.54, 1.807) is 12.1 Å². The Morgan fingerprint density at radius 3 is 2.74 bits per heavy atom. The fourth-order valence-electron chi connectivity index (χ4n) is 1.42. The van der Waals surface area contributed by atoms with Crippen LogP contribution in [0.1, 0.15) is 0 Å². The van der Waals surface area contributed by atoms with E-state index in [2.05, 4.69) is 10.6 Å². The summed E-state index contributed by atoms with van der Waals surface area (Å²) < 4.78 is 0. The minimum absolute atomic E-state index is 0.0885. The summed E-state index contributed by atoms with van der Waals surface area (Å²) in [6.45, 7) is 0.335. The van der Waals surface area contributed by atoms with E-state index in [4.69, 9.17) is 16.7 Å². The molecule has 0 fully saturated rings. The molecule has 0 aliphatic carbocycles. The van der Waals surface area contributed by atoms with E-state index in [1.807, 2.05) is 0 Å². The standard InChI is InChI=1S/C11H16ClN3O4/c12-6-9(17)7-14-8-1-2-10(13-3-4-16)11(5-8)15(18)19/h1-2,5,9,13-14,16-17H,3-4,6-7H2. The Morgan fingerprint density at radius 2 is 2.16 bits per heavy atom. The van der Waals surface area contributed by atoms with Gasteiger partial charge >= 0.3 is 0 Å². The lowest BCUT2D eigenvalue weighted by molar-refractivity contribution is -0.383. The van der Waals surface area contributed by atoms with Gasteiger partial charge in [0, 0.05) is 24.8 Å². The second-order valence-electron chi connectivity index (χ2n) is 3.83. The van der Waals surface area contributed by atoms with Crippen molar-refractivity contribution in [1.29, 1.82) is 0 Å². The zero-order chi connectivity index (χ0) is 14.3. The number of nitrogens with one attached hydrogen (secondary N) is 2. The van der Waals surface area contributed by atoms with E-state index >= 15 is 0 Å². The van der Waals surface area contributed by atoms with Crippen LogP contribution in [-0.2, 0) is 0 Å². The van der Waals surface area contributed by atoms with E-state index in [0.29, 0.717) is 11.4 Å². The third kappa shape index (κ3) is 4.90. The Labute approximate surface area is 115 Å². The fraction of sp³-hybridized carbons (Fsp3) is 0.455. The molecule has 1 atom stereocenters. The molecule has 7 nitrogen and oxygen atoms in total. The molecule has 0 amide bonds. The number of hydrogen-bond acceptors (Lipinski definition) is 6. The molecule has 0 spiro atoms. The molecule has 1 aromatic rings. The number of nitrogens with zero attached hydrogens (tertiary/aromatic N) is 1. The van der Waals surface area contributed by atoms with Crippen LogP contribution in [0.25, 0.3) is 0 Å². The largest absolute Gasteiger partial charge is 0.395 e. The predicted octanol–water partition coefficient (Wildman–Crippen LogP) is 1.01. The van der Waals surface area contributed by atoms with Crippen molar-refractivity contribution in [1.82, 2.24) is 0 Å². The second kappa shape index (κ2) is 7.78. The number of nitro benzene ring substituents is 1. The van der Waals surface area contributed by atoms with Crippen LogP contribution in [0.15, 0.2) is 18.2 Å².